The van der Waals surface area contributed by atoms with Crippen LogP contribution in [0.3, 0.4) is 0 Å². The number of rotatable bonds is 7. The van der Waals surface area contributed by atoms with Crippen LogP contribution in [-0.4, -0.2) is 49.7 Å². The van der Waals surface area contributed by atoms with Crippen molar-refractivity contribution >= 4 is 46.6 Å². The molecule has 5 nitrogen and oxygen atoms in total. The summed E-state index contributed by atoms with van der Waals surface area (Å²) >= 11 is 7.74. The van der Waals surface area contributed by atoms with Gasteiger partial charge >= 0.3 is 0 Å². The maximum atomic E-state index is 12.9. The Morgan fingerprint density at radius 2 is 1.77 bits per heavy atom. The van der Waals surface area contributed by atoms with Crippen LogP contribution in [0.25, 0.3) is 0 Å². The van der Waals surface area contributed by atoms with Crippen molar-refractivity contribution in [3.05, 3.63) is 53.1 Å². The molecule has 0 saturated heterocycles. The summed E-state index contributed by atoms with van der Waals surface area (Å²) in [5.74, 6) is 0.212. The van der Waals surface area contributed by atoms with Crippen molar-refractivity contribution in [2.75, 3.05) is 37.1 Å². The molecule has 0 spiro atoms. The lowest BCUT2D eigenvalue weighted by Gasteiger charge is -2.31. The van der Waals surface area contributed by atoms with E-state index in [4.69, 9.17) is 11.6 Å². The maximum absolute atomic E-state index is 12.9. The van der Waals surface area contributed by atoms with Crippen LogP contribution in [0.4, 0.5) is 11.4 Å². The number of nitrogens with zero attached hydrogens (tertiary/aromatic N) is 2. The van der Waals surface area contributed by atoms with Crippen LogP contribution in [0.2, 0.25) is 5.02 Å². The van der Waals surface area contributed by atoms with Gasteiger partial charge in [-0.2, -0.15) is 0 Å². The minimum absolute atomic E-state index is 0.109. The van der Waals surface area contributed by atoms with E-state index in [-0.39, 0.29) is 11.8 Å². The Balaban J connectivity index is 1.65. The van der Waals surface area contributed by atoms with E-state index in [0.29, 0.717) is 28.1 Å². The Kier molecular flexibility index (Phi) is 8.27. The molecule has 1 saturated carbocycles. The Morgan fingerprint density at radius 3 is 2.45 bits per heavy atom. The molecule has 0 aromatic heterocycles. The molecule has 0 aliphatic heterocycles. The quantitative estimate of drug-likeness (QED) is 0.552. The Labute approximate surface area is 194 Å². The van der Waals surface area contributed by atoms with Gasteiger partial charge in [0.1, 0.15) is 0 Å². The number of carbonyl (C=O) groups excluding carboxylic acids is 2. The fourth-order valence-electron chi connectivity index (χ4n) is 3.84. The Morgan fingerprint density at radius 1 is 1.06 bits per heavy atom. The van der Waals surface area contributed by atoms with Gasteiger partial charge in [0.05, 0.1) is 22.0 Å². The predicted octanol–water partition coefficient (Wildman–Crippen LogP) is 5.54. The lowest BCUT2D eigenvalue weighted by Crippen LogP contribution is -2.39. The number of nitrogens with one attached hydrogen (secondary N) is 1. The van der Waals surface area contributed by atoms with E-state index in [1.54, 1.807) is 12.1 Å². The fraction of sp³-hybridized carbons (Fsp3) is 0.417. The number of anilines is 2. The molecule has 2 amide bonds. The molecule has 2 aromatic carbocycles. The standard InChI is InChI=1S/C24H30ClN3O2S/c1-27(2)21-14-13-17(15-20(21)25)26-24(30)19-11-7-8-12-22(19)31-16-23(29)28(3)18-9-5-4-6-10-18/h7-8,11-15,18H,4-6,9-10,16H2,1-3H3,(H,26,30). The van der Waals surface area contributed by atoms with Gasteiger partial charge in [-0.15, -0.1) is 11.8 Å². The predicted molar refractivity (Wildman–Crippen MR) is 131 cm³/mol. The normalized spacial score (nSPS) is 14.2. The highest BCUT2D eigenvalue weighted by Crippen LogP contribution is 2.29. The van der Waals surface area contributed by atoms with Crippen LogP contribution in [0, 0.1) is 0 Å². The first-order valence-corrected chi connectivity index (χ1v) is 12.0. The first kappa shape index (κ1) is 23.5. The fourth-order valence-corrected chi connectivity index (χ4v) is 5.16. The van der Waals surface area contributed by atoms with Gasteiger partial charge in [0.15, 0.2) is 0 Å². The van der Waals surface area contributed by atoms with Crippen molar-refractivity contribution in [1.29, 1.82) is 0 Å². The van der Waals surface area contributed by atoms with Gasteiger partial charge < -0.3 is 15.1 Å². The highest BCUT2D eigenvalue weighted by atomic mass is 35.5. The Hall–Kier alpha value is -2.18. The first-order valence-electron chi connectivity index (χ1n) is 10.6. The zero-order valence-corrected chi connectivity index (χ0v) is 19.9. The molecule has 7 heteroatoms. The summed E-state index contributed by atoms with van der Waals surface area (Å²) in [6.07, 6.45) is 5.82. The van der Waals surface area contributed by atoms with Crippen LogP contribution in [0.5, 0.6) is 0 Å². The summed E-state index contributed by atoms with van der Waals surface area (Å²) in [6, 6.07) is 13.2. The average molecular weight is 460 g/mol. The number of carbonyl (C=O) groups is 2. The van der Waals surface area contributed by atoms with Gasteiger partial charge in [0.2, 0.25) is 5.91 Å². The molecule has 0 atom stereocenters. The number of hydrogen-bond acceptors (Lipinski definition) is 4. The number of hydrogen-bond donors (Lipinski definition) is 1. The smallest absolute Gasteiger partial charge is 0.256 e. The second kappa shape index (κ2) is 10.9. The molecule has 166 valence electrons. The molecule has 0 unspecified atom stereocenters. The monoisotopic (exact) mass is 459 g/mol. The van der Waals surface area contributed by atoms with Gasteiger partial charge in [-0.25, -0.2) is 0 Å². The molecule has 0 bridgehead atoms. The van der Waals surface area contributed by atoms with E-state index in [1.165, 1.54) is 31.0 Å². The molecule has 0 radical (unpaired) electrons. The summed E-state index contributed by atoms with van der Waals surface area (Å²) in [5.41, 5.74) is 2.07. The third kappa shape index (κ3) is 6.17. The SMILES string of the molecule is CN(C)c1ccc(NC(=O)c2ccccc2SCC(=O)N(C)C2CCCCC2)cc1Cl. The van der Waals surface area contributed by atoms with E-state index in [0.717, 1.165) is 23.4 Å². The van der Waals surface area contributed by atoms with E-state index in [1.807, 2.05) is 61.3 Å². The van der Waals surface area contributed by atoms with E-state index >= 15 is 0 Å². The second-order valence-electron chi connectivity index (χ2n) is 8.10. The molecule has 1 fully saturated rings. The van der Waals surface area contributed by atoms with E-state index in [2.05, 4.69) is 5.32 Å². The molecule has 1 aliphatic carbocycles. The molecule has 2 aromatic rings. The van der Waals surface area contributed by atoms with Crippen LogP contribution < -0.4 is 10.2 Å². The zero-order chi connectivity index (χ0) is 22.4. The third-order valence-electron chi connectivity index (χ3n) is 5.69. The topological polar surface area (TPSA) is 52.7 Å². The third-order valence-corrected chi connectivity index (χ3v) is 7.05. The summed E-state index contributed by atoms with van der Waals surface area (Å²) in [5, 5.41) is 3.49. The number of thioether (sulfide) groups is 1. The maximum Gasteiger partial charge on any atom is 0.256 e. The van der Waals surface area contributed by atoms with Crippen molar-refractivity contribution in [3.63, 3.8) is 0 Å². The van der Waals surface area contributed by atoms with Crippen molar-refractivity contribution < 1.29 is 9.59 Å². The number of benzene rings is 2. The molecule has 0 heterocycles. The minimum Gasteiger partial charge on any atom is -0.376 e. The molecule has 1 N–H and O–H groups in total. The van der Waals surface area contributed by atoms with Crippen molar-refractivity contribution in [2.24, 2.45) is 0 Å². The zero-order valence-electron chi connectivity index (χ0n) is 18.4. The van der Waals surface area contributed by atoms with Gasteiger partial charge in [-0.3, -0.25) is 9.59 Å². The average Bonchev–Trinajstić information content (AvgIpc) is 2.77. The molecule has 3 rings (SSSR count). The number of halogens is 1. The highest BCUT2D eigenvalue weighted by Gasteiger charge is 2.22. The lowest BCUT2D eigenvalue weighted by molar-refractivity contribution is -0.129. The minimum atomic E-state index is -0.218. The Bertz CT molecular complexity index is 929. The van der Waals surface area contributed by atoms with Crippen LogP contribution in [-0.2, 0) is 4.79 Å². The summed E-state index contributed by atoms with van der Waals surface area (Å²) in [4.78, 5) is 30.2. The largest absolute Gasteiger partial charge is 0.376 e. The van der Waals surface area contributed by atoms with Crippen molar-refractivity contribution in [2.45, 2.75) is 43.0 Å². The molecule has 31 heavy (non-hydrogen) atoms. The molecular weight excluding hydrogens is 430 g/mol. The van der Waals surface area contributed by atoms with Crippen LogP contribution in [0.15, 0.2) is 47.4 Å². The van der Waals surface area contributed by atoms with Crippen LogP contribution >= 0.6 is 23.4 Å². The lowest BCUT2D eigenvalue weighted by atomic mass is 9.94. The second-order valence-corrected chi connectivity index (χ2v) is 9.52. The summed E-state index contributed by atoms with van der Waals surface area (Å²) in [7, 11) is 5.73. The molecule has 1 aliphatic rings. The van der Waals surface area contributed by atoms with Gasteiger partial charge in [-0.1, -0.05) is 43.0 Å². The summed E-state index contributed by atoms with van der Waals surface area (Å²) in [6.45, 7) is 0. The van der Waals surface area contributed by atoms with Crippen LogP contribution in [0.1, 0.15) is 42.5 Å². The van der Waals surface area contributed by atoms with Gasteiger partial charge in [0.25, 0.3) is 5.91 Å². The molecular formula is C24H30ClN3O2S. The summed E-state index contributed by atoms with van der Waals surface area (Å²) < 4.78 is 0. The number of amides is 2. The van der Waals surface area contributed by atoms with Crippen molar-refractivity contribution in [1.82, 2.24) is 4.90 Å². The van der Waals surface area contributed by atoms with E-state index < -0.39 is 0 Å². The first-order chi connectivity index (χ1) is 14.9. The van der Waals surface area contributed by atoms with Crippen molar-refractivity contribution in [3.8, 4) is 0 Å². The van der Waals surface area contributed by atoms with Gasteiger partial charge in [-0.05, 0) is 43.2 Å². The van der Waals surface area contributed by atoms with Gasteiger partial charge in [0, 0.05) is 37.8 Å². The highest BCUT2D eigenvalue weighted by molar-refractivity contribution is 8.00. The van der Waals surface area contributed by atoms with E-state index in [9.17, 15) is 9.59 Å².